The van der Waals surface area contributed by atoms with E-state index in [0.717, 1.165) is 40.7 Å². The van der Waals surface area contributed by atoms with Crippen molar-refractivity contribution in [2.24, 2.45) is 0 Å². The number of amides is 1. The molecule has 25 heavy (non-hydrogen) atoms. The van der Waals surface area contributed by atoms with E-state index in [1.54, 1.807) is 7.11 Å². The molecule has 0 bridgehead atoms. The molecule has 2 N–H and O–H groups in total. The van der Waals surface area contributed by atoms with E-state index in [9.17, 15) is 4.79 Å². The SMILES string of the molecule is CCc1cccc(CC)c1NC(=O)Cc1c[nH]c2ccc(OC)cc12. The van der Waals surface area contributed by atoms with Crippen molar-refractivity contribution in [3.05, 3.63) is 59.3 Å². The first-order valence-electron chi connectivity index (χ1n) is 8.70. The Balaban J connectivity index is 1.84. The minimum absolute atomic E-state index is 0.000630. The molecule has 0 unspecified atom stereocenters. The van der Waals surface area contributed by atoms with Gasteiger partial charge in [-0.1, -0.05) is 32.0 Å². The number of aryl methyl sites for hydroxylation is 2. The van der Waals surface area contributed by atoms with Gasteiger partial charge in [-0.3, -0.25) is 4.79 Å². The van der Waals surface area contributed by atoms with Crippen LogP contribution in [0, 0.1) is 0 Å². The quantitative estimate of drug-likeness (QED) is 0.697. The van der Waals surface area contributed by atoms with Gasteiger partial charge in [0.05, 0.1) is 13.5 Å². The van der Waals surface area contributed by atoms with Gasteiger partial charge in [0, 0.05) is 22.8 Å². The van der Waals surface area contributed by atoms with Gasteiger partial charge in [0.15, 0.2) is 0 Å². The summed E-state index contributed by atoms with van der Waals surface area (Å²) < 4.78 is 5.29. The molecule has 1 aromatic heterocycles. The van der Waals surface area contributed by atoms with Gasteiger partial charge in [-0.05, 0) is 47.7 Å². The minimum atomic E-state index is -0.000630. The summed E-state index contributed by atoms with van der Waals surface area (Å²) in [7, 11) is 1.65. The second-order valence-electron chi connectivity index (χ2n) is 6.11. The number of para-hydroxylation sites is 1. The van der Waals surface area contributed by atoms with Crippen LogP contribution in [0.4, 0.5) is 5.69 Å². The number of fused-ring (bicyclic) bond motifs is 1. The van der Waals surface area contributed by atoms with Crippen LogP contribution in [-0.4, -0.2) is 18.0 Å². The molecule has 3 rings (SSSR count). The molecule has 4 heteroatoms. The average Bonchev–Trinajstić information content (AvgIpc) is 3.03. The molecule has 2 aromatic carbocycles. The van der Waals surface area contributed by atoms with E-state index in [2.05, 4.69) is 42.3 Å². The highest BCUT2D eigenvalue weighted by Crippen LogP contribution is 2.26. The average molecular weight is 336 g/mol. The summed E-state index contributed by atoms with van der Waals surface area (Å²) in [6, 6.07) is 12.0. The van der Waals surface area contributed by atoms with Crippen LogP contribution in [0.3, 0.4) is 0 Å². The zero-order chi connectivity index (χ0) is 17.8. The Morgan fingerprint density at radius 3 is 2.44 bits per heavy atom. The number of benzene rings is 2. The molecule has 0 spiro atoms. The number of methoxy groups -OCH3 is 1. The van der Waals surface area contributed by atoms with Gasteiger partial charge in [0.25, 0.3) is 0 Å². The standard InChI is InChI=1S/C21H24N2O2/c1-4-14-7-6-8-15(5-2)21(14)23-20(24)11-16-13-22-19-10-9-17(25-3)12-18(16)19/h6-10,12-13,22H,4-5,11H2,1-3H3,(H,23,24). The maximum atomic E-state index is 12.7. The molecule has 0 saturated carbocycles. The Labute approximate surface area is 148 Å². The zero-order valence-electron chi connectivity index (χ0n) is 15.0. The Morgan fingerprint density at radius 1 is 1.08 bits per heavy atom. The number of carbonyl (C=O) groups excluding carboxylic acids is 1. The van der Waals surface area contributed by atoms with Crippen molar-refractivity contribution in [3.63, 3.8) is 0 Å². The second-order valence-corrected chi connectivity index (χ2v) is 6.11. The van der Waals surface area contributed by atoms with E-state index >= 15 is 0 Å². The smallest absolute Gasteiger partial charge is 0.228 e. The molecule has 1 amide bonds. The second kappa shape index (κ2) is 7.43. The molecule has 1 heterocycles. The van der Waals surface area contributed by atoms with Crippen LogP contribution in [-0.2, 0) is 24.1 Å². The lowest BCUT2D eigenvalue weighted by atomic mass is 10.0. The molecule has 0 saturated heterocycles. The predicted molar refractivity (Wildman–Crippen MR) is 102 cm³/mol. The zero-order valence-corrected chi connectivity index (χ0v) is 15.0. The van der Waals surface area contributed by atoms with E-state index in [4.69, 9.17) is 4.74 Å². The summed E-state index contributed by atoms with van der Waals surface area (Å²) in [5.74, 6) is 0.790. The fourth-order valence-corrected chi connectivity index (χ4v) is 3.19. The van der Waals surface area contributed by atoms with E-state index in [-0.39, 0.29) is 5.91 Å². The molecule has 4 nitrogen and oxygen atoms in total. The number of H-pyrrole nitrogens is 1. The summed E-state index contributed by atoms with van der Waals surface area (Å²) >= 11 is 0. The molecule has 0 aliphatic heterocycles. The number of hydrogen-bond acceptors (Lipinski definition) is 2. The minimum Gasteiger partial charge on any atom is -0.497 e. The lowest BCUT2D eigenvalue weighted by Crippen LogP contribution is -2.16. The monoisotopic (exact) mass is 336 g/mol. The third-order valence-electron chi connectivity index (χ3n) is 4.59. The van der Waals surface area contributed by atoms with Crippen molar-refractivity contribution in [1.29, 1.82) is 0 Å². The van der Waals surface area contributed by atoms with Gasteiger partial charge >= 0.3 is 0 Å². The van der Waals surface area contributed by atoms with Gasteiger partial charge in [-0.25, -0.2) is 0 Å². The molecule has 130 valence electrons. The van der Waals surface area contributed by atoms with Crippen molar-refractivity contribution < 1.29 is 9.53 Å². The number of aromatic nitrogens is 1. The summed E-state index contributed by atoms with van der Waals surface area (Å²) in [6.07, 6.45) is 4.02. The summed E-state index contributed by atoms with van der Waals surface area (Å²) in [5, 5.41) is 4.15. The number of anilines is 1. The number of ether oxygens (including phenoxy) is 1. The predicted octanol–water partition coefficient (Wildman–Crippen LogP) is 4.48. The fraction of sp³-hybridized carbons (Fsp3) is 0.286. The number of carbonyl (C=O) groups is 1. The Bertz CT molecular complexity index is 874. The molecule has 0 aliphatic carbocycles. The van der Waals surface area contributed by atoms with Crippen LogP contribution >= 0.6 is 0 Å². The van der Waals surface area contributed by atoms with Gasteiger partial charge in [0.1, 0.15) is 5.75 Å². The van der Waals surface area contributed by atoms with Crippen LogP contribution in [0.15, 0.2) is 42.6 Å². The van der Waals surface area contributed by atoms with Crippen molar-refractivity contribution in [1.82, 2.24) is 4.98 Å². The molecule has 0 radical (unpaired) electrons. The van der Waals surface area contributed by atoms with Gasteiger partial charge < -0.3 is 15.0 Å². The third-order valence-corrected chi connectivity index (χ3v) is 4.59. The highest BCUT2D eigenvalue weighted by Gasteiger charge is 2.13. The Kier molecular flexibility index (Phi) is 5.08. The van der Waals surface area contributed by atoms with E-state index in [0.29, 0.717) is 6.42 Å². The summed E-state index contributed by atoms with van der Waals surface area (Å²) in [5.41, 5.74) is 5.29. The van der Waals surface area contributed by atoms with Gasteiger partial charge in [0.2, 0.25) is 5.91 Å². The van der Waals surface area contributed by atoms with Gasteiger partial charge in [-0.15, -0.1) is 0 Å². The highest BCUT2D eigenvalue weighted by molar-refractivity contribution is 5.97. The normalized spacial score (nSPS) is 10.8. The first kappa shape index (κ1) is 17.1. The molecule has 0 fully saturated rings. The molecular weight excluding hydrogens is 312 g/mol. The molecule has 0 aliphatic rings. The van der Waals surface area contributed by atoms with Crippen LogP contribution in [0.2, 0.25) is 0 Å². The lowest BCUT2D eigenvalue weighted by Gasteiger charge is -2.14. The van der Waals surface area contributed by atoms with E-state index in [1.165, 1.54) is 11.1 Å². The lowest BCUT2D eigenvalue weighted by molar-refractivity contribution is -0.115. The largest absolute Gasteiger partial charge is 0.497 e. The van der Waals surface area contributed by atoms with Crippen LogP contribution in [0.5, 0.6) is 5.75 Å². The summed E-state index contributed by atoms with van der Waals surface area (Å²) in [6.45, 7) is 4.22. The highest BCUT2D eigenvalue weighted by atomic mass is 16.5. The number of aromatic amines is 1. The molecule has 3 aromatic rings. The molecular formula is C21H24N2O2. The van der Waals surface area contributed by atoms with Crippen LogP contribution < -0.4 is 10.1 Å². The maximum Gasteiger partial charge on any atom is 0.228 e. The first-order chi connectivity index (χ1) is 12.2. The van der Waals surface area contributed by atoms with Crippen molar-refractivity contribution in [3.8, 4) is 5.75 Å². The number of hydrogen-bond donors (Lipinski definition) is 2. The van der Waals surface area contributed by atoms with Crippen LogP contribution in [0.25, 0.3) is 10.9 Å². The fourth-order valence-electron chi connectivity index (χ4n) is 3.19. The Morgan fingerprint density at radius 2 is 1.80 bits per heavy atom. The van der Waals surface area contributed by atoms with E-state index in [1.807, 2.05) is 24.4 Å². The third kappa shape index (κ3) is 3.53. The maximum absolute atomic E-state index is 12.7. The topological polar surface area (TPSA) is 54.1 Å². The molecule has 0 atom stereocenters. The van der Waals surface area contributed by atoms with Crippen molar-refractivity contribution in [2.75, 3.05) is 12.4 Å². The van der Waals surface area contributed by atoms with Crippen LogP contribution in [0.1, 0.15) is 30.5 Å². The van der Waals surface area contributed by atoms with Crippen molar-refractivity contribution >= 4 is 22.5 Å². The van der Waals surface area contributed by atoms with Gasteiger partial charge in [-0.2, -0.15) is 0 Å². The summed E-state index contributed by atoms with van der Waals surface area (Å²) in [4.78, 5) is 15.9. The number of nitrogens with one attached hydrogen (secondary N) is 2. The van der Waals surface area contributed by atoms with Crippen molar-refractivity contribution in [2.45, 2.75) is 33.1 Å². The number of rotatable bonds is 6. The Hall–Kier alpha value is -2.75. The first-order valence-corrected chi connectivity index (χ1v) is 8.70. The van der Waals surface area contributed by atoms with E-state index < -0.39 is 0 Å².